The number of nitrogens with zero attached hydrogens (tertiary/aromatic N) is 3. The smallest absolute Gasteiger partial charge is 0.284 e. The van der Waals surface area contributed by atoms with E-state index in [4.69, 9.17) is 4.74 Å². The molecule has 4 atom stereocenters. The number of nitrogens with one attached hydrogen (secondary N) is 1. The van der Waals surface area contributed by atoms with Crippen LogP contribution in [-0.2, 0) is 4.74 Å². The van der Waals surface area contributed by atoms with Crippen molar-refractivity contribution in [1.29, 1.82) is 0 Å². The number of aliphatic hydroxyl groups excluding tert-OH is 1. The number of carbonyl (C=O) groups is 1. The molecule has 0 bridgehead atoms. The highest BCUT2D eigenvalue weighted by atomic mass is 19.1. The number of halogens is 1. The highest BCUT2D eigenvalue weighted by Gasteiger charge is 2.52. The topological polar surface area (TPSA) is 127 Å². The van der Waals surface area contributed by atoms with Crippen molar-refractivity contribution in [3.63, 3.8) is 0 Å². The van der Waals surface area contributed by atoms with Crippen molar-refractivity contribution in [2.45, 2.75) is 49.6 Å². The van der Waals surface area contributed by atoms with Gasteiger partial charge in [-0.15, -0.1) is 0 Å². The first-order chi connectivity index (χ1) is 16.4. The summed E-state index contributed by atoms with van der Waals surface area (Å²) in [6.07, 6.45) is 4.15. The number of benzene rings is 1. The average molecular weight is 466 g/mol. The van der Waals surface area contributed by atoms with Crippen molar-refractivity contribution in [2.75, 3.05) is 5.32 Å². The van der Waals surface area contributed by atoms with Crippen LogP contribution in [0.2, 0.25) is 0 Å². The second kappa shape index (κ2) is 8.71. The normalized spacial score (nSPS) is 26.1. The molecule has 1 saturated heterocycles. The lowest BCUT2D eigenvalue weighted by molar-refractivity contribution is -0.215. The molecule has 1 amide bonds. The van der Waals surface area contributed by atoms with Crippen LogP contribution in [0.4, 0.5) is 10.1 Å². The number of ether oxygens (including phenoxy) is 1. The molecule has 1 saturated carbocycles. The lowest BCUT2D eigenvalue weighted by Gasteiger charge is -2.43. The molecule has 5 rings (SSSR count). The maximum Gasteiger partial charge on any atom is 0.284 e. The van der Waals surface area contributed by atoms with E-state index in [1.807, 2.05) is 0 Å². The zero-order valence-electron chi connectivity index (χ0n) is 18.1. The van der Waals surface area contributed by atoms with E-state index in [0.29, 0.717) is 24.1 Å². The van der Waals surface area contributed by atoms with Gasteiger partial charge in [0.25, 0.3) is 11.5 Å². The van der Waals surface area contributed by atoms with Gasteiger partial charge in [-0.3, -0.25) is 14.6 Å². The largest absolute Gasteiger partial charge is 0.390 e. The lowest BCUT2D eigenvalue weighted by atomic mass is 9.84. The van der Waals surface area contributed by atoms with E-state index in [2.05, 4.69) is 15.4 Å². The predicted molar refractivity (Wildman–Crippen MR) is 119 cm³/mol. The molecule has 2 fully saturated rings. The molecule has 176 valence electrons. The van der Waals surface area contributed by atoms with Crippen molar-refractivity contribution in [3.05, 3.63) is 82.3 Å². The van der Waals surface area contributed by atoms with Crippen LogP contribution in [0.15, 0.2) is 59.8 Å². The quantitative estimate of drug-likeness (QED) is 0.538. The van der Waals surface area contributed by atoms with Crippen LogP contribution < -0.4 is 10.9 Å². The number of carbonyl (C=O) groups excluding carboxylic acids is 1. The molecule has 9 nitrogen and oxygen atoms in total. The summed E-state index contributed by atoms with van der Waals surface area (Å²) in [6, 6.07) is 8.55. The predicted octanol–water partition coefficient (Wildman–Crippen LogP) is 2.12. The summed E-state index contributed by atoms with van der Waals surface area (Å²) in [5.74, 6) is -1.37. The number of hydrogen-bond acceptors (Lipinski definition) is 7. The van der Waals surface area contributed by atoms with Crippen LogP contribution >= 0.6 is 0 Å². The number of aromatic nitrogens is 3. The molecule has 10 heteroatoms. The third-order valence-corrected chi connectivity index (χ3v) is 6.57. The lowest BCUT2D eigenvalue weighted by Crippen LogP contribution is -2.54. The number of hydrogen-bond donors (Lipinski definition) is 3. The number of para-hydroxylation sites is 1. The third-order valence-electron chi connectivity index (χ3n) is 6.57. The molecule has 0 unspecified atom stereocenters. The highest BCUT2D eigenvalue weighted by molar-refractivity contribution is 6.04. The first kappa shape index (κ1) is 22.3. The monoisotopic (exact) mass is 466 g/mol. The van der Waals surface area contributed by atoms with Gasteiger partial charge in [-0.2, -0.15) is 9.78 Å². The van der Waals surface area contributed by atoms with Gasteiger partial charge < -0.3 is 20.3 Å². The minimum atomic E-state index is -1.26. The van der Waals surface area contributed by atoms with Crippen LogP contribution in [0.1, 0.15) is 47.7 Å². The molecule has 2 aromatic heterocycles. The van der Waals surface area contributed by atoms with Crippen LogP contribution in [0.25, 0.3) is 5.69 Å². The Morgan fingerprint density at radius 1 is 1.24 bits per heavy atom. The van der Waals surface area contributed by atoms with Gasteiger partial charge >= 0.3 is 0 Å². The number of amides is 1. The Morgan fingerprint density at radius 3 is 2.88 bits per heavy atom. The molecule has 34 heavy (non-hydrogen) atoms. The second-order valence-electron chi connectivity index (χ2n) is 8.58. The van der Waals surface area contributed by atoms with E-state index in [-0.39, 0.29) is 17.7 Å². The number of rotatable bonds is 4. The molecule has 0 spiro atoms. The standard InChI is InChI=1S/C24H23FN4O5/c25-16-4-1-2-5-18(16)29-23(32)15(8-11-27-29)22(31)28-17-13-26-10-7-14(17)19-12-20(30)24(33)9-3-6-21(24)34-19/h1-2,4-5,7-8,10-11,13,19-21,30,33H,3,6,9,12H2,(H,28,31)/t19-,20-,21-,24+/m0/s1. The van der Waals surface area contributed by atoms with Crippen molar-refractivity contribution in [1.82, 2.24) is 14.8 Å². The van der Waals surface area contributed by atoms with Gasteiger partial charge in [0.15, 0.2) is 0 Å². The van der Waals surface area contributed by atoms with Gasteiger partial charge in [-0.1, -0.05) is 12.1 Å². The Labute approximate surface area is 193 Å². The van der Waals surface area contributed by atoms with Crippen LogP contribution in [0, 0.1) is 5.82 Å². The summed E-state index contributed by atoms with van der Waals surface area (Å²) in [5, 5.41) is 27.9. The minimum absolute atomic E-state index is 0.0714. The van der Waals surface area contributed by atoms with Crippen LogP contribution in [0.5, 0.6) is 0 Å². The number of aliphatic hydroxyl groups is 2. The first-order valence-electron chi connectivity index (χ1n) is 11.0. The van der Waals surface area contributed by atoms with Gasteiger partial charge in [0, 0.05) is 24.4 Å². The van der Waals surface area contributed by atoms with Crippen molar-refractivity contribution in [3.8, 4) is 5.69 Å². The maximum absolute atomic E-state index is 14.2. The molecule has 1 aliphatic carbocycles. The van der Waals surface area contributed by atoms with Gasteiger partial charge in [0.1, 0.15) is 22.7 Å². The molecule has 3 N–H and O–H groups in total. The van der Waals surface area contributed by atoms with E-state index in [1.54, 1.807) is 12.1 Å². The second-order valence-corrected chi connectivity index (χ2v) is 8.58. The van der Waals surface area contributed by atoms with Crippen molar-refractivity contribution >= 4 is 11.6 Å². The molecule has 1 aliphatic heterocycles. The molecule has 0 radical (unpaired) electrons. The zero-order valence-corrected chi connectivity index (χ0v) is 18.1. The Morgan fingerprint density at radius 2 is 2.06 bits per heavy atom. The molecule has 3 heterocycles. The molecule has 3 aromatic rings. The van der Waals surface area contributed by atoms with Gasteiger partial charge in [-0.05, 0) is 43.5 Å². The number of pyridine rings is 1. The fraction of sp³-hybridized carbons (Fsp3) is 0.333. The molecule has 2 aliphatic rings. The number of anilines is 1. The van der Waals surface area contributed by atoms with E-state index in [1.165, 1.54) is 42.9 Å². The van der Waals surface area contributed by atoms with E-state index >= 15 is 0 Å². The Hall–Kier alpha value is -3.47. The van der Waals surface area contributed by atoms with E-state index in [9.17, 15) is 24.2 Å². The van der Waals surface area contributed by atoms with Crippen molar-refractivity contribution in [2.24, 2.45) is 0 Å². The Balaban J connectivity index is 1.43. The maximum atomic E-state index is 14.2. The number of fused-ring (bicyclic) bond motifs is 1. The summed E-state index contributed by atoms with van der Waals surface area (Å²) in [5.41, 5.74) is -1.47. The Bertz CT molecular complexity index is 1300. The molecular formula is C24H23FN4O5. The van der Waals surface area contributed by atoms with Gasteiger partial charge in [0.05, 0.1) is 30.2 Å². The van der Waals surface area contributed by atoms with Gasteiger partial charge in [0.2, 0.25) is 0 Å². The summed E-state index contributed by atoms with van der Waals surface area (Å²) >= 11 is 0. The molecule has 1 aromatic carbocycles. The van der Waals surface area contributed by atoms with Gasteiger partial charge in [-0.25, -0.2) is 4.39 Å². The summed E-state index contributed by atoms with van der Waals surface area (Å²) in [4.78, 5) is 30.0. The average Bonchev–Trinajstić information content (AvgIpc) is 3.22. The van der Waals surface area contributed by atoms with Crippen LogP contribution in [0.3, 0.4) is 0 Å². The van der Waals surface area contributed by atoms with Crippen molar-refractivity contribution < 1.29 is 24.1 Å². The fourth-order valence-corrected chi connectivity index (χ4v) is 4.77. The highest BCUT2D eigenvalue weighted by Crippen LogP contribution is 2.46. The van der Waals surface area contributed by atoms with Crippen LogP contribution in [-0.4, -0.2) is 48.7 Å². The minimum Gasteiger partial charge on any atom is -0.390 e. The summed E-state index contributed by atoms with van der Waals surface area (Å²) in [6.45, 7) is 0. The summed E-state index contributed by atoms with van der Waals surface area (Å²) < 4.78 is 21.1. The molecular weight excluding hydrogens is 443 g/mol. The zero-order chi connectivity index (χ0) is 23.9. The first-order valence-corrected chi connectivity index (χ1v) is 11.0. The third kappa shape index (κ3) is 3.79. The van der Waals surface area contributed by atoms with E-state index < -0.39 is 41.2 Å². The summed E-state index contributed by atoms with van der Waals surface area (Å²) in [7, 11) is 0. The Kier molecular flexibility index (Phi) is 5.72. The van der Waals surface area contributed by atoms with E-state index in [0.717, 1.165) is 11.1 Å². The fourth-order valence-electron chi connectivity index (χ4n) is 4.77. The SMILES string of the molecule is O=C(Nc1cnccc1[C@@H]1C[C@H](O)[C@]2(O)CCC[C@@H]2O1)c1ccnn(-c2ccccc2F)c1=O.